The molecule has 1 amide bonds. The zero-order valence-electron chi connectivity index (χ0n) is 7.70. The predicted octanol–water partition coefficient (Wildman–Crippen LogP) is 0.691. The molecule has 2 aliphatic rings. The van der Waals surface area contributed by atoms with Crippen molar-refractivity contribution in [2.24, 2.45) is 0 Å². The van der Waals surface area contributed by atoms with E-state index in [1.54, 1.807) is 0 Å². The van der Waals surface area contributed by atoms with Crippen LogP contribution in [0.25, 0.3) is 0 Å². The minimum Gasteiger partial charge on any atom is -0.478 e. The fourth-order valence-corrected chi connectivity index (χ4v) is 1.35. The Hall–Kier alpha value is -1.40. The minimum atomic E-state index is -2.86. The summed E-state index contributed by atoms with van der Waals surface area (Å²) in [5.74, 6) is -4.08. The monoisotopic (exact) mass is 221 g/mol. The topological polar surface area (TPSA) is 66.8 Å². The van der Waals surface area contributed by atoms with E-state index in [-0.39, 0.29) is 12.8 Å². The number of carboxylic acids is 1. The van der Waals surface area contributed by atoms with Crippen LogP contribution >= 0.6 is 0 Å². The van der Waals surface area contributed by atoms with Crippen molar-refractivity contribution in [1.82, 2.24) is 4.90 Å². The van der Waals surface area contributed by atoms with Gasteiger partial charge < -0.3 is 9.84 Å². The Kier molecular flexibility index (Phi) is 1.89. The highest BCUT2D eigenvalue weighted by molar-refractivity contribution is 5.84. The molecule has 1 aliphatic carbocycles. The molecule has 0 aromatic carbocycles. The number of aliphatic carboxylic acids is 1. The third kappa shape index (κ3) is 1.73. The van der Waals surface area contributed by atoms with Crippen molar-refractivity contribution in [2.45, 2.75) is 24.4 Å². The zero-order chi connectivity index (χ0) is 11.3. The van der Waals surface area contributed by atoms with Crippen molar-refractivity contribution < 1.29 is 28.2 Å². The summed E-state index contributed by atoms with van der Waals surface area (Å²) in [5.41, 5.74) is -1.46. The fraction of sp³-hybridized carbons (Fsp3) is 0.750. The molecule has 1 saturated heterocycles. The number of carbonyl (C=O) groups excluding carboxylic acids is 1. The standard InChI is InChI=1S/C8H9F2NO4/c9-8(10)3-11(4-8)6(14)15-7(1-2-7)5(12)13/h1-4H2,(H,12,13). The van der Waals surface area contributed by atoms with E-state index in [0.29, 0.717) is 0 Å². The molecule has 5 nitrogen and oxygen atoms in total. The molecule has 0 aromatic heterocycles. The molecular weight excluding hydrogens is 212 g/mol. The van der Waals surface area contributed by atoms with Gasteiger partial charge in [-0.1, -0.05) is 0 Å². The molecule has 0 unspecified atom stereocenters. The summed E-state index contributed by atoms with van der Waals surface area (Å²) in [6, 6.07) is 0. The number of carboxylic acid groups (broad SMARTS) is 1. The molecule has 1 aliphatic heterocycles. The average molecular weight is 221 g/mol. The van der Waals surface area contributed by atoms with Gasteiger partial charge in [-0.2, -0.15) is 0 Å². The Labute approximate surface area is 83.6 Å². The lowest BCUT2D eigenvalue weighted by Crippen LogP contribution is -2.59. The van der Waals surface area contributed by atoms with Gasteiger partial charge in [0.2, 0.25) is 5.60 Å². The number of amides is 1. The van der Waals surface area contributed by atoms with E-state index in [9.17, 15) is 18.4 Å². The number of nitrogens with zero attached hydrogens (tertiary/aromatic N) is 1. The molecule has 0 aromatic rings. The van der Waals surface area contributed by atoms with Crippen LogP contribution in [0.3, 0.4) is 0 Å². The first-order chi connectivity index (χ1) is 6.85. The van der Waals surface area contributed by atoms with Crippen LogP contribution in [0.15, 0.2) is 0 Å². The van der Waals surface area contributed by atoms with E-state index < -0.39 is 36.7 Å². The van der Waals surface area contributed by atoms with Crippen molar-refractivity contribution >= 4 is 12.1 Å². The largest absolute Gasteiger partial charge is 0.478 e. The van der Waals surface area contributed by atoms with Crippen LogP contribution in [0.2, 0.25) is 0 Å². The summed E-state index contributed by atoms with van der Waals surface area (Å²) >= 11 is 0. The van der Waals surface area contributed by atoms with E-state index in [2.05, 4.69) is 4.74 Å². The molecular formula is C8H9F2NO4. The second-order valence-electron chi connectivity index (χ2n) is 3.88. The van der Waals surface area contributed by atoms with Crippen LogP contribution in [0.4, 0.5) is 13.6 Å². The van der Waals surface area contributed by atoms with Crippen molar-refractivity contribution in [3.63, 3.8) is 0 Å². The highest BCUT2D eigenvalue weighted by Gasteiger charge is 2.57. The summed E-state index contributed by atoms with van der Waals surface area (Å²) in [6.45, 7) is -1.39. The summed E-state index contributed by atoms with van der Waals surface area (Å²) in [7, 11) is 0. The fourth-order valence-electron chi connectivity index (χ4n) is 1.35. The van der Waals surface area contributed by atoms with E-state index >= 15 is 0 Å². The van der Waals surface area contributed by atoms with Gasteiger partial charge >= 0.3 is 12.1 Å². The van der Waals surface area contributed by atoms with Crippen molar-refractivity contribution in [3.8, 4) is 0 Å². The summed E-state index contributed by atoms with van der Waals surface area (Å²) in [4.78, 5) is 22.6. The lowest BCUT2D eigenvalue weighted by molar-refractivity contribution is -0.154. The third-order valence-corrected chi connectivity index (χ3v) is 2.48. The number of rotatable bonds is 2. The van der Waals surface area contributed by atoms with Gasteiger partial charge in [-0.15, -0.1) is 0 Å². The second kappa shape index (κ2) is 2.80. The van der Waals surface area contributed by atoms with Crippen LogP contribution in [0.1, 0.15) is 12.8 Å². The van der Waals surface area contributed by atoms with Crippen LogP contribution in [0.5, 0.6) is 0 Å². The molecule has 0 radical (unpaired) electrons. The SMILES string of the molecule is O=C(OC1(C(=O)O)CC1)N1CC(F)(F)C1. The molecule has 1 heterocycles. The van der Waals surface area contributed by atoms with E-state index in [1.807, 2.05) is 0 Å². The summed E-state index contributed by atoms with van der Waals surface area (Å²) in [6.07, 6.45) is -0.475. The maximum atomic E-state index is 12.4. The van der Waals surface area contributed by atoms with Gasteiger partial charge in [0.25, 0.3) is 5.92 Å². The van der Waals surface area contributed by atoms with Gasteiger partial charge in [0, 0.05) is 12.8 Å². The van der Waals surface area contributed by atoms with Crippen molar-refractivity contribution in [2.75, 3.05) is 13.1 Å². The molecule has 1 saturated carbocycles. The van der Waals surface area contributed by atoms with Crippen molar-refractivity contribution in [3.05, 3.63) is 0 Å². The third-order valence-electron chi connectivity index (χ3n) is 2.48. The molecule has 0 spiro atoms. The Balaban J connectivity index is 1.87. The van der Waals surface area contributed by atoms with E-state index in [4.69, 9.17) is 5.11 Å². The Morgan fingerprint density at radius 2 is 1.80 bits per heavy atom. The number of likely N-dealkylation sites (tertiary alicyclic amines) is 1. The smallest absolute Gasteiger partial charge is 0.411 e. The molecule has 2 fully saturated rings. The Morgan fingerprint density at radius 3 is 2.13 bits per heavy atom. The number of hydrogen-bond donors (Lipinski definition) is 1. The number of hydrogen-bond acceptors (Lipinski definition) is 3. The maximum Gasteiger partial charge on any atom is 0.411 e. The van der Waals surface area contributed by atoms with Gasteiger partial charge in [0.1, 0.15) is 0 Å². The Bertz CT molecular complexity index is 319. The van der Waals surface area contributed by atoms with Crippen LogP contribution in [-0.4, -0.2) is 46.7 Å². The highest BCUT2D eigenvalue weighted by Crippen LogP contribution is 2.41. The molecule has 1 N–H and O–H groups in total. The van der Waals surface area contributed by atoms with Crippen LogP contribution in [0, 0.1) is 0 Å². The number of halogens is 2. The molecule has 0 atom stereocenters. The molecule has 7 heteroatoms. The van der Waals surface area contributed by atoms with Gasteiger partial charge in [-0.25, -0.2) is 18.4 Å². The van der Waals surface area contributed by atoms with Crippen molar-refractivity contribution in [1.29, 1.82) is 0 Å². The molecule has 2 rings (SSSR count). The Morgan fingerprint density at radius 1 is 1.27 bits per heavy atom. The summed E-state index contributed by atoms with van der Waals surface area (Å²) in [5, 5.41) is 8.68. The number of alkyl halides is 2. The maximum absolute atomic E-state index is 12.4. The van der Waals surface area contributed by atoms with Crippen LogP contribution in [-0.2, 0) is 9.53 Å². The molecule has 84 valence electrons. The van der Waals surface area contributed by atoms with Crippen LogP contribution < -0.4 is 0 Å². The van der Waals surface area contributed by atoms with Gasteiger partial charge in [-0.05, 0) is 0 Å². The predicted molar refractivity (Wildman–Crippen MR) is 42.6 cm³/mol. The van der Waals surface area contributed by atoms with E-state index in [0.717, 1.165) is 4.90 Å². The van der Waals surface area contributed by atoms with Gasteiger partial charge in [0.15, 0.2) is 0 Å². The number of ether oxygens (including phenoxy) is 1. The first-order valence-corrected chi connectivity index (χ1v) is 4.44. The quantitative estimate of drug-likeness (QED) is 0.745. The zero-order valence-corrected chi connectivity index (χ0v) is 7.70. The average Bonchev–Trinajstić information content (AvgIpc) is 2.81. The molecule has 15 heavy (non-hydrogen) atoms. The summed E-state index contributed by atoms with van der Waals surface area (Å²) < 4.78 is 29.4. The van der Waals surface area contributed by atoms with Gasteiger partial charge in [0.05, 0.1) is 13.1 Å². The lowest BCUT2D eigenvalue weighted by Gasteiger charge is -2.38. The van der Waals surface area contributed by atoms with E-state index in [1.165, 1.54) is 0 Å². The minimum absolute atomic E-state index is 0.248. The molecule has 0 bridgehead atoms. The lowest BCUT2D eigenvalue weighted by atomic mass is 10.2. The second-order valence-corrected chi connectivity index (χ2v) is 3.88. The highest BCUT2D eigenvalue weighted by atomic mass is 19.3. The first-order valence-electron chi connectivity index (χ1n) is 4.44. The normalized spacial score (nSPS) is 25.3. The van der Waals surface area contributed by atoms with Gasteiger partial charge in [-0.3, -0.25) is 4.90 Å². The first kappa shape index (κ1) is 10.1. The number of carbonyl (C=O) groups is 2.